The average molecular weight is 203 g/mol. The molecule has 1 heteroatoms. The molecule has 1 N–H and O–H groups in total. The summed E-state index contributed by atoms with van der Waals surface area (Å²) in [5, 5.41) is 0. The van der Waals surface area contributed by atoms with Gasteiger partial charge in [-0.1, -0.05) is 24.3 Å². The molecule has 0 aromatic rings. The van der Waals surface area contributed by atoms with E-state index in [-0.39, 0.29) is 0 Å². The fourth-order valence-corrected chi connectivity index (χ4v) is 2.91. The highest BCUT2D eigenvalue weighted by Crippen LogP contribution is 2.46. The Morgan fingerprint density at radius 1 is 1.27 bits per heavy atom. The van der Waals surface area contributed by atoms with Gasteiger partial charge < -0.3 is 4.90 Å². The van der Waals surface area contributed by atoms with Crippen molar-refractivity contribution >= 4 is 0 Å². The van der Waals surface area contributed by atoms with Crippen LogP contribution in [0.3, 0.4) is 0 Å². The van der Waals surface area contributed by atoms with Gasteiger partial charge in [0.1, 0.15) is 0 Å². The van der Waals surface area contributed by atoms with E-state index in [2.05, 4.69) is 45.2 Å². The van der Waals surface area contributed by atoms with Gasteiger partial charge in [-0.15, -0.1) is 0 Å². The lowest BCUT2D eigenvalue weighted by Crippen LogP contribution is -3.08. The third kappa shape index (κ3) is 1.69. The van der Waals surface area contributed by atoms with Crippen LogP contribution in [0, 0.1) is 12.5 Å². The van der Waals surface area contributed by atoms with Gasteiger partial charge in [0.05, 0.1) is 13.1 Å². The first-order valence-electron chi connectivity index (χ1n) is 5.91. The van der Waals surface area contributed by atoms with Crippen LogP contribution in [0.25, 0.3) is 0 Å². The van der Waals surface area contributed by atoms with Gasteiger partial charge in [0.2, 0.25) is 0 Å². The summed E-state index contributed by atoms with van der Waals surface area (Å²) in [5.74, 6) is 0. The summed E-state index contributed by atoms with van der Waals surface area (Å²) in [6, 6.07) is 0. The van der Waals surface area contributed by atoms with Gasteiger partial charge in [0.15, 0.2) is 0 Å². The molecular formula is C14H21N. The third-order valence-electron chi connectivity index (χ3n) is 3.88. The number of likely N-dealkylation sites (tertiary alicyclic amines) is 1. The van der Waals surface area contributed by atoms with E-state index in [1.54, 1.807) is 0 Å². The summed E-state index contributed by atoms with van der Waals surface area (Å²) in [7, 11) is 4.10. The zero-order chi connectivity index (χ0) is 10.9. The zero-order valence-corrected chi connectivity index (χ0v) is 9.84. The minimum atomic E-state index is 0.345. The van der Waals surface area contributed by atoms with Crippen molar-refractivity contribution in [2.24, 2.45) is 5.41 Å². The van der Waals surface area contributed by atoms with Gasteiger partial charge in [-0.2, -0.15) is 7.05 Å². The predicted octanol–water partition coefficient (Wildman–Crippen LogP) is 1.91. The molecule has 0 aromatic carbocycles. The number of hydrogen-bond donors (Lipinski definition) is 1. The van der Waals surface area contributed by atoms with E-state index in [0.717, 1.165) is 0 Å². The topological polar surface area (TPSA) is 4.44 Å². The van der Waals surface area contributed by atoms with Crippen LogP contribution in [-0.2, 0) is 0 Å². The standard InChI is InChI=1S/C14H21N/c1-4-12-6-7-14(13(12)5-2)8-10-15(3)11-9-14/h4-7,15H,3,8-11H2,1-2H3/b12-4-,13-5+. The van der Waals surface area contributed by atoms with Crippen LogP contribution in [0.4, 0.5) is 0 Å². The maximum Gasteiger partial charge on any atom is 0.0542 e. The SMILES string of the molecule is [CH2-][NH+]1CCC2(C=CC(=C/C)/C2=C\C)CC1. The molecule has 1 heterocycles. The molecule has 0 unspecified atom stereocenters. The molecule has 1 aliphatic heterocycles. The number of piperidine rings is 1. The van der Waals surface area contributed by atoms with Crippen molar-refractivity contribution in [1.82, 2.24) is 0 Å². The van der Waals surface area contributed by atoms with E-state index in [1.165, 1.54) is 42.0 Å². The van der Waals surface area contributed by atoms with Crippen LogP contribution in [0.1, 0.15) is 26.7 Å². The lowest BCUT2D eigenvalue weighted by Gasteiger charge is -2.39. The van der Waals surface area contributed by atoms with E-state index >= 15 is 0 Å². The molecule has 2 aliphatic rings. The smallest absolute Gasteiger partial charge is 0.0542 e. The highest BCUT2D eigenvalue weighted by atomic mass is 15.1. The Balaban J connectivity index is 2.27. The first kappa shape index (κ1) is 10.7. The summed E-state index contributed by atoms with van der Waals surface area (Å²) in [6.07, 6.45) is 11.7. The minimum Gasteiger partial charge on any atom is -0.468 e. The summed E-state index contributed by atoms with van der Waals surface area (Å²) in [5.41, 5.74) is 3.31. The van der Waals surface area contributed by atoms with Crippen LogP contribution in [-0.4, -0.2) is 13.1 Å². The van der Waals surface area contributed by atoms with Crippen molar-refractivity contribution in [1.29, 1.82) is 0 Å². The van der Waals surface area contributed by atoms with E-state index < -0.39 is 0 Å². The molecule has 1 spiro atoms. The number of allylic oxidation sites excluding steroid dienone is 6. The molecule has 0 bridgehead atoms. The van der Waals surface area contributed by atoms with Gasteiger partial charge in [-0.3, -0.25) is 0 Å². The maximum absolute atomic E-state index is 4.10. The van der Waals surface area contributed by atoms with Crippen molar-refractivity contribution in [3.63, 3.8) is 0 Å². The highest BCUT2D eigenvalue weighted by Gasteiger charge is 2.39. The van der Waals surface area contributed by atoms with E-state index in [4.69, 9.17) is 0 Å². The van der Waals surface area contributed by atoms with Gasteiger partial charge in [0, 0.05) is 18.3 Å². The molecule has 1 fully saturated rings. The second-order valence-corrected chi connectivity index (χ2v) is 4.69. The quantitative estimate of drug-likeness (QED) is 0.574. The molecule has 0 radical (unpaired) electrons. The van der Waals surface area contributed by atoms with Crippen LogP contribution in [0.2, 0.25) is 0 Å². The molecule has 0 saturated carbocycles. The Bertz CT molecular complexity index is 325. The summed E-state index contributed by atoms with van der Waals surface area (Å²) in [6.45, 7) is 6.68. The van der Waals surface area contributed by atoms with Crippen molar-refractivity contribution in [2.45, 2.75) is 26.7 Å². The highest BCUT2D eigenvalue weighted by molar-refractivity contribution is 5.52. The Labute approximate surface area is 93.2 Å². The fourth-order valence-electron chi connectivity index (χ4n) is 2.91. The monoisotopic (exact) mass is 203 g/mol. The first-order valence-corrected chi connectivity index (χ1v) is 5.91. The molecule has 0 atom stereocenters. The normalized spacial score (nSPS) is 40.9. The molecule has 0 aromatic heterocycles. The molecule has 82 valence electrons. The van der Waals surface area contributed by atoms with Crippen molar-refractivity contribution in [3.05, 3.63) is 42.5 Å². The van der Waals surface area contributed by atoms with Crippen molar-refractivity contribution in [3.8, 4) is 0 Å². The first-order chi connectivity index (χ1) is 7.22. The lowest BCUT2D eigenvalue weighted by molar-refractivity contribution is -0.861. The molecular weight excluding hydrogens is 182 g/mol. The van der Waals surface area contributed by atoms with Crippen LogP contribution in [0.15, 0.2) is 35.5 Å². The predicted molar refractivity (Wildman–Crippen MR) is 64.4 cm³/mol. The van der Waals surface area contributed by atoms with Crippen molar-refractivity contribution < 1.29 is 4.90 Å². The summed E-state index contributed by atoms with van der Waals surface area (Å²) in [4.78, 5) is 1.43. The number of rotatable bonds is 0. The molecule has 1 saturated heterocycles. The molecule has 1 aliphatic carbocycles. The Kier molecular flexibility index (Phi) is 2.83. The fraction of sp³-hybridized carbons (Fsp3) is 0.500. The minimum absolute atomic E-state index is 0.345. The second-order valence-electron chi connectivity index (χ2n) is 4.69. The largest absolute Gasteiger partial charge is 0.468 e. The number of nitrogens with one attached hydrogen (secondary N) is 1. The number of hydrogen-bond acceptors (Lipinski definition) is 0. The van der Waals surface area contributed by atoms with E-state index in [1.807, 2.05) is 0 Å². The van der Waals surface area contributed by atoms with E-state index in [9.17, 15) is 0 Å². The van der Waals surface area contributed by atoms with Crippen LogP contribution < -0.4 is 4.90 Å². The van der Waals surface area contributed by atoms with Crippen LogP contribution in [0.5, 0.6) is 0 Å². The van der Waals surface area contributed by atoms with Crippen molar-refractivity contribution in [2.75, 3.05) is 13.1 Å². The Morgan fingerprint density at radius 2 is 1.93 bits per heavy atom. The Morgan fingerprint density at radius 3 is 2.47 bits per heavy atom. The van der Waals surface area contributed by atoms with Crippen LogP contribution >= 0.6 is 0 Å². The number of quaternary nitrogens is 1. The van der Waals surface area contributed by atoms with Gasteiger partial charge in [0.25, 0.3) is 0 Å². The van der Waals surface area contributed by atoms with E-state index in [0.29, 0.717) is 5.41 Å². The lowest BCUT2D eigenvalue weighted by atomic mass is 9.74. The Hall–Kier alpha value is -0.820. The zero-order valence-electron chi connectivity index (χ0n) is 9.84. The second kappa shape index (κ2) is 3.97. The molecule has 15 heavy (non-hydrogen) atoms. The summed E-state index contributed by atoms with van der Waals surface area (Å²) < 4.78 is 0. The van der Waals surface area contributed by atoms with Gasteiger partial charge >= 0.3 is 0 Å². The summed E-state index contributed by atoms with van der Waals surface area (Å²) >= 11 is 0. The molecule has 1 nitrogen and oxygen atoms in total. The van der Waals surface area contributed by atoms with Gasteiger partial charge in [-0.05, 0) is 25.0 Å². The molecule has 0 amide bonds. The average Bonchev–Trinajstić information content (AvgIpc) is 2.61. The third-order valence-corrected chi connectivity index (χ3v) is 3.88. The molecule has 2 rings (SSSR count). The maximum atomic E-state index is 4.10. The van der Waals surface area contributed by atoms with Gasteiger partial charge in [-0.25, -0.2) is 0 Å².